The second-order valence-electron chi connectivity index (χ2n) is 5.11. The lowest BCUT2D eigenvalue weighted by Crippen LogP contribution is -2.39. The molecular formula is C14H22BrNS. The summed E-state index contributed by atoms with van der Waals surface area (Å²) in [4.78, 5) is 1.44. The molecule has 0 bridgehead atoms. The molecule has 1 heterocycles. The zero-order valence-corrected chi connectivity index (χ0v) is 13.1. The first-order valence-corrected chi connectivity index (χ1v) is 8.38. The molecule has 1 aliphatic carbocycles. The van der Waals surface area contributed by atoms with Gasteiger partial charge in [0.2, 0.25) is 0 Å². The number of rotatable bonds is 4. The fourth-order valence-corrected chi connectivity index (χ4v) is 4.34. The van der Waals surface area contributed by atoms with E-state index in [-0.39, 0.29) is 0 Å². The Labute approximate surface area is 117 Å². The van der Waals surface area contributed by atoms with Gasteiger partial charge in [0.15, 0.2) is 0 Å². The summed E-state index contributed by atoms with van der Waals surface area (Å²) in [5, 5.41) is 6.01. The molecule has 1 aromatic heterocycles. The van der Waals surface area contributed by atoms with Crippen LogP contribution in [0, 0.1) is 5.92 Å². The minimum atomic E-state index is 0.489. The largest absolute Gasteiger partial charge is 0.306 e. The fourth-order valence-electron chi connectivity index (χ4n) is 2.87. The minimum absolute atomic E-state index is 0.489. The summed E-state index contributed by atoms with van der Waals surface area (Å²) in [6.07, 6.45) is 6.91. The molecule has 1 saturated carbocycles. The Balaban J connectivity index is 1.94. The van der Waals surface area contributed by atoms with Gasteiger partial charge in [-0.2, -0.15) is 0 Å². The van der Waals surface area contributed by atoms with Gasteiger partial charge in [-0.15, -0.1) is 11.3 Å². The normalized spacial score (nSPS) is 27.0. The lowest BCUT2D eigenvalue weighted by Gasteiger charge is -2.33. The third-order valence-electron chi connectivity index (χ3n) is 3.91. The zero-order valence-electron chi connectivity index (χ0n) is 10.7. The van der Waals surface area contributed by atoms with Crippen molar-refractivity contribution in [1.29, 1.82) is 0 Å². The first kappa shape index (κ1) is 13.6. The SMILES string of the molecule is CCC1CCCCC1NC(C)c1cc(Br)cs1. The van der Waals surface area contributed by atoms with Crippen molar-refractivity contribution < 1.29 is 0 Å². The van der Waals surface area contributed by atoms with Crippen molar-refractivity contribution in [1.82, 2.24) is 5.32 Å². The monoisotopic (exact) mass is 315 g/mol. The Morgan fingerprint density at radius 1 is 1.47 bits per heavy atom. The van der Waals surface area contributed by atoms with Crippen molar-refractivity contribution in [2.45, 2.75) is 58.0 Å². The molecule has 2 rings (SSSR count). The van der Waals surface area contributed by atoms with Crippen molar-refractivity contribution >= 4 is 27.3 Å². The van der Waals surface area contributed by atoms with Gasteiger partial charge < -0.3 is 5.32 Å². The average Bonchev–Trinajstić information content (AvgIpc) is 2.77. The summed E-state index contributed by atoms with van der Waals surface area (Å²) in [5.74, 6) is 0.884. The molecular weight excluding hydrogens is 294 g/mol. The standard InChI is InChI=1S/C14H22BrNS/c1-3-11-6-4-5-7-13(11)16-10(2)14-8-12(15)9-17-14/h8-11,13,16H,3-7H2,1-2H3. The first-order valence-electron chi connectivity index (χ1n) is 6.70. The Hall–Kier alpha value is 0.140. The van der Waals surface area contributed by atoms with Gasteiger partial charge >= 0.3 is 0 Å². The van der Waals surface area contributed by atoms with E-state index in [1.807, 2.05) is 11.3 Å². The molecule has 1 fully saturated rings. The molecule has 1 aromatic rings. The van der Waals surface area contributed by atoms with E-state index in [0.29, 0.717) is 6.04 Å². The molecule has 0 aliphatic heterocycles. The van der Waals surface area contributed by atoms with Crippen LogP contribution in [0.25, 0.3) is 0 Å². The van der Waals surface area contributed by atoms with E-state index in [1.165, 1.54) is 41.5 Å². The molecule has 1 aliphatic rings. The highest BCUT2D eigenvalue weighted by Crippen LogP contribution is 2.31. The summed E-state index contributed by atoms with van der Waals surface area (Å²) in [7, 11) is 0. The number of hydrogen-bond donors (Lipinski definition) is 1. The van der Waals surface area contributed by atoms with Crippen molar-refractivity contribution in [2.24, 2.45) is 5.92 Å². The highest BCUT2D eigenvalue weighted by molar-refractivity contribution is 9.10. The van der Waals surface area contributed by atoms with Crippen LogP contribution in [0.4, 0.5) is 0 Å². The predicted octanol–water partition coefficient (Wildman–Crippen LogP) is 5.13. The van der Waals surface area contributed by atoms with Crippen LogP contribution in [0.3, 0.4) is 0 Å². The Morgan fingerprint density at radius 3 is 2.88 bits per heavy atom. The van der Waals surface area contributed by atoms with Crippen LogP contribution in [0.5, 0.6) is 0 Å². The van der Waals surface area contributed by atoms with E-state index >= 15 is 0 Å². The van der Waals surface area contributed by atoms with Crippen LogP contribution in [-0.2, 0) is 0 Å². The number of thiophene rings is 1. The van der Waals surface area contributed by atoms with Crippen LogP contribution < -0.4 is 5.32 Å². The van der Waals surface area contributed by atoms with Gasteiger partial charge in [0.25, 0.3) is 0 Å². The van der Waals surface area contributed by atoms with Gasteiger partial charge in [0, 0.05) is 26.8 Å². The lowest BCUT2D eigenvalue weighted by atomic mass is 9.82. The van der Waals surface area contributed by atoms with Gasteiger partial charge in [-0.25, -0.2) is 0 Å². The molecule has 0 radical (unpaired) electrons. The summed E-state index contributed by atoms with van der Waals surface area (Å²) in [5.41, 5.74) is 0. The van der Waals surface area contributed by atoms with Crippen molar-refractivity contribution in [2.75, 3.05) is 0 Å². The van der Waals surface area contributed by atoms with E-state index in [9.17, 15) is 0 Å². The van der Waals surface area contributed by atoms with E-state index in [0.717, 1.165) is 12.0 Å². The van der Waals surface area contributed by atoms with E-state index in [4.69, 9.17) is 0 Å². The van der Waals surface area contributed by atoms with Crippen LogP contribution in [0.2, 0.25) is 0 Å². The summed E-state index contributed by atoms with van der Waals surface area (Å²) in [6.45, 7) is 4.62. The number of halogens is 1. The maximum atomic E-state index is 3.84. The molecule has 0 spiro atoms. The van der Waals surface area contributed by atoms with Gasteiger partial charge in [-0.1, -0.05) is 26.2 Å². The molecule has 17 heavy (non-hydrogen) atoms. The van der Waals surface area contributed by atoms with Gasteiger partial charge in [0.1, 0.15) is 0 Å². The lowest BCUT2D eigenvalue weighted by molar-refractivity contribution is 0.241. The summed E-state index contributed by atoms with van der Waals surface area (Å²) in [6, 6.07) is 3.46. The highest BCUT2D eigenvalue weighted by Gasteiger charge is 2.25. The third-order valence-corrected chi connectivity index (χ3v) is 5.79. The fraction of sp³-hybridized carbons (Fsp3) is 0.714. The molecule has 3 heteroatoms. The molecule has 1 N–H and O–H groups in total. The topological polar surface area (TPSA) is 12.0 Å². The maximum Gasteiger partial charge on any atom is 0.0388 e. The van der Waals surface area contributed by atoms with Crippen LogP contribution in [0.15, 0.2) is 15.9 Å². The van der Waals surface area contributed by atoms with E-state index < -0.39 is 0 Å². The highest BCUT2D eigenvalue weighted by atomic mass is 79.9. The van der Waals surface area contributed by atoms with Crippen LogP contribution in [0.1, 0.15) is 56.9 Å². The van der Waals surface area contributed by atoms with Gasteiger partial charge in [0.05, 0.1) is 0 Å². The Kier molecular flexibility index (Phi) is 5.07. The first-order chi connectivity index (χ1) is 8.20. The molecule has 3 unspecified atom stereocenters. The second-order valence-corrected chi connectivity index (χ2v) is 6.97. The quantitative estimate of drug-likeness (QED) is 0.812. The van der Waals surface area contributed by atoms with Gasteiger partial charge in [-0.3, -0.25) is 0 Å². The van der Waals surface area contributed by atoms with Gasteiger partial charge in [-0.05, 0) is 47.7 Å². The summed E-state index contributed by atoms with van der Waals surface area (Å²) < 4.78 is 1.21. The molecule has 96 valence electrons. The number of nitrogens with one attached hydrogen (secondary N) is 1. The third kappa shape index (κ3) is 3.55. The average molecular weight is 316 g/mol. The van der Waals surface area contributed by atoms with Crippen molar-refractivity contribution in [3.8, 4) is 0 Å². The molecule has 0 amide bonds. The molecule has 1 nitrogen and oxygen atoms in total. The second kappa shape index (κ2) is 6.35. The van der Waals surface area contributed by atoms with E-state index in [2.05, 4.69) is 46.5 Å². The minimum Gasteiger partial charge on any atom is -0.306 e. The predicted molar refractivity (Wildman–Crippen MR) is 79.6 cm³/mol. The molecule has 0 saturated heterocycles. The Morgan fingerprint density at radius 2 is 2.24 bits per heavy atom. The zero-order chi connectivity index (χ0) is 12.3. The Bertz CT molecular complexity index is 350. The van der Waals surface area contributed by atoms with Crippen LogP contribution in [-0.4, -0.2) is 6.04 Å². The summed E-state index contributed by atoms with van der Waals surface area (Å²) >= 11 is 5.38. The maximum absolute atomic E-state index is 3.84. The number of hydrogen-bond acceptors (Lipinski definition) is 2. The molecule has 3 atom stereocenters. The van der Waals surface area contributed by atoms with Crippen LogP contribution >= 0.6 is 27.3 Å². The van der Waals surface area contributed by atoms with Crippen molar-refractivity contribution in [3.63, 3.8) is 0 Å². The van der Waals surface area contributed by atoms with Crippen molar-refractivity contribution in [3.05, 3.63) is 20.8 Å². The molecule has 0 aromatic carbocycles. The van der Waals surface area contributed by atoms with E-state index in [1.54, 1.807) is 0 Å². The smallest absolute Gasteiger partial charge is 0.0388 e.